The number of aliphatic hydroxyl groups is 2. The van der Waals surface area contributed by atoms with Crippen LogP contribution in [-0.2, 0) is 4.79 Å². The third kappa shape index (κ3) is 3.22. The lowest BCUT2D eigenvalue weighted by Crippen LogP contribution is -2.52. The van der Waals surface area contributed by atoms with Gasteiger partial charge in [0, 0.05) is 12.6 Å². The Labute approximate surface area is 108 Å². The van der Waals surface area contributed by atoms with Gasteiger partial charge in [0.25, 0.3) is 0 Å². The molecule has 0 radical (unpaired) electrons. The zero-order valence-corrected chi connectivity index (χ0v) is 11.4. The Morgan fingerprint density at radius 1 is 1.44 bits per heavy atom. The van der Waals surface area contributed by atoms with E-state index in [1.54, 1.807) is 0 Å². The summed E-state index contributed by atoms with van der Waals surface area (Å²) in [4.78, 5) is 11.2. The van der Waals surface area contributed by atoms with E-state index in [1.807, 2.05) is 13.8 Å². The second-order valence-electron chi connectivity index (χ2n) is 5.93. The predicted octanol–water partition coefficient (Wildman–Crippen LogP) is 0.455. The Balaban J connectivity index is 2.63. The monoisotopic (exact) mass is 259 g/mol. The fourth-order valence-electron chi connectivity index (χ4n) is 2.88. The van der Waals surface area contributed by atoms with Crippen molar-refractivity contribution in [3.8, 4) is 0 Å². The molecule has 0 aliphatic heterocycles. The van der Waals surface area contributed by atoms with Gasteiger partial charge in [0.2, 0.25) is 0 Å². The Hall–Kier alpha value is -0.650. The topological polar surface area (TPSA) is 89.8 Å². The van der Waals surface area contributed by atoms with Crippen molar-refractivity contribution in [2.75, 3.05) is 13.2 Å². The zero-order valence-electron chi connectivity index (χ0n) is 11.4. The van der Waals surface area contributed by atoms with E-state index in [1.165, 1.54) is 0 Å². The summed E-state index contributed by atoms with van der Waals surface area (Å²) in [7, 11) is 0. The summed E-state index contributed by atoms with van der Waals surface area (Å²) >= 11 is 0. The second-order valence-corrected chi connectivity index (χ2v) is 5.93. The highest BCUT2D eigenvalue weighted by atomic mass is 16.4. The molecule has 1 rings (SSSR count). The summed E-state index contributed by atoms with van der Waals surface area (Å²) in [5, 5.41) is 30.6. The van der Waals surface area contributed by atoms with Crippen molar-refractivity contribution in [2.45, 2.75) is 45.8 Å². The van der Waals surface area contributed by atoms with Crippen LogP contribution >= 0.6 is 0 Å². The minimum Gasteiger partial charge on any atom is -0.481 e. The number of rotatable bonds is 5. The highest BCUT2D eigenvalue weighted by Crippen LogP contribution is 2.44. The van der Waals surface area contributed by atoms with Crippen LogP contribution in [0.2, 0.25) is 0 Å². The van der Waals surface area contributed by atoms with Gasteiger partial charge < -0.3 is 20.6 Å². The predicted molar refractivity (Wildman–Crippen MR) is 68.2 cm³/mol. The van der Waals surface area contributed by atoms with Gasteiger partial charge in [0.05, 0.1) is 18.6 Å². The first kappa shape index (κ1) is 15.4. The Bertz CT molecular complexity index is 293. The van der Waals surface area contributed by atoms with Crippen LogP contribution in [0, 0.1) is 17.3 Å². The Morgan fingerprint density at radius 2 is 2.06 bits per heavy atom. The summed E-state index contributed by atoms with van der Waals surface area (Å²) in [6.45, 7) is 6.13. The van der Waals surface area contributed by atoms with Crippen LogP contribution in [0.3, 0.4) is 0 Å². The van der Waals surface area contributed by atoms with Gasteiger partial charge in [-0.25, -0.2) is 0 Å². The fraction of sp³-hybridized carbons (Fsp3) is 0.923. The van der Waals surface area contributed by atoms with E-state index in [4.69, 9.17) is 5.11 Å². The smallest absolute Gasteiger partial charge is 0.307 e. The van der Waals surface area contributed by atoms with Gasteiger partial charge in [0.1, 0.15) is 0 Å². The minimum atomic E-state index is -0.752. The molecule has 18 heavy (non-hydrogen) atoms. The van der Waals surface area contributed by atoms with Crippen molar-refractivity contribution in [2.24, 2.45) is 17.3 Å². The molecule has 4 atom stereocenters. The summed E-state index contributed by atoms with van der Waals surface area (Å²) in [5.41, 5.74) is -0.272. The van der Waals surface area contributed by atoms with Crippen LogP contribution in [0.25, 0.3) is 0 Å². The van der Waals surface area contributed by atoms with Crippen LogP contribution < -0.4 is 5.32 Å². The first-order valence-electron chi connectivity index (χ1n) is 6.55. The standard InChI is InChI=1S/C13H25NO4/c1-8-11(14-6-9(16)7-15)5-4-10(12(17)18)13(8,2)3/h8-11,14-16H,4-7H2,1-3H3,(H,17,18). The molecule has 0 amide bonds. The molecular formula is C13H25NO4. The Morgan fingerprint density at radius 3 is 2.56 bits per heavy atom. The molecule has 5 nitrogen and oxygen atoms in total. The van der Waals surface area contributed by atoms with Gasteiger partial charge in [-0.3, -0.25) is 4.79 Å². The molecule has 1 fully saturated rings. The van der Waals surface area contributed by atoms with E-state index in [9.17, 15) is 15.0 Å². The quantitative estimate of drug-likeness (QED) is 0.576. The number of hydrogen-bond acceptors (Lipinski definition) is 4. The average molecular weight is 259 g/mol. The molecule has 0 aromatic rings. The highest BCUT2D eigenvalue weighted by Gasteiger charge is 2.46. The number of aliphatic carboxylic acids is 1. The summed E-state index contributed by atoms with van der Waals surface area (Å²) < 4.78 is 0. The van der Waals surface area contributed by atoms with E-state index >= 15 is 0 Å². The molecule has 0 saturated heterocycles. The summed E-state index contributed by atoms with van der Waals surface area (Å²) in [6.07, 6.45) is 0.691. The van der Waals surface area contributed by atoms with Crippen LogP contribution in [0.4, 0.5) is 0 Å². The lowest BCUT2D eigenvalue weighted by Gasteiger charge is -2.46. The van der Waals surface area contributed by atoms with Crippen LogP contribution in [0.15, 0.2) is 0 Å². The third-order valence-corrected chi connectivity index (χ3v) is 4.57. The highest BCUT2D eigenvalue weighted by molar-refractivity contribution is 5.71. The van der Waals surface area contributed by atoms with Gasteiger partial charge in [-0.05, 0) is 24.2 Å². The SMILES string of the molecule is CC1C(NCC(O)CO)CCC(C(=O)O)C1(C)C. The van der Waals surface area contributed by atoms with Gasteiger partial charge in [0.15, 0.2) is 0 Å². The molecule has 4 unspecified atom stereocenters. The van der Waals surface area contributed by atoms with E-state index in [-0.39, 0.29) is 29.9 Å². The third-order valence-electron chi connectivity index (χ3n) is 4.57. The van der Waals surface area contributed by atoms with Gasteiger partial charge in [-0.1, -0.05) is 20.8 Å². The zero-order chi connectivity index (χ0) is 13.9. The molecule has 4 N–H and O–H groups in total. The molecule has 1 aliphatic rings. The largest absolute Gasteiger partial charge is 0.481 e. The van der Waals surface area contributed by atoms with E-state index < -0.39 is 12.1 Å². The van der Waals surface area contributed by atoms with Crippen molar-refractivity contribution in [1.82, 2.24) is 5.32 Å². The molecule has 1 aliphatic carbocycles. The average Bonchev–Trinajstić information content (AvgIpc) is 2.30. The molecule has 106 valence electrons. The first-order chi connectivity index (χ1) is 8.30. The second kappa shape index (κ2) is 5.99. The van der Waals surface area contributed by atoms with Gasteiger partial charge in [-0.15, -0.1) is 0 Å². The Kier molecular flexibility index (Phi) is 5.13. The maximum Gasteiger partial charge on any atom is 0.307 e. The normalized spacial score (nSPS) is 33.1. The number of aliphatic hydroxyl groups excluding tert-OH is 2. The lowest BCUT2D eigenvalue weighted by atomic mass is 9.61. The maximum atomic E-state index is 11.2. The lowest BCUT2D eigenvalue weighted by molar-refractivity contribution is -0.150. The molecule has 1 saturated carbocycles. The summed E-state index contributed by atoms with van der Waals surface area (Å²) in [5.74, 6) is -0.827. The molecule has 0 aromatic heterocycles. The molecular weight excluding hydrogens is 234 g/mol. The number of hydrogen-bond donors (Lipinski definition) is 4. The van der Waals surface area contributed by atoms with Crippen LogP contribution in [-0.4, -0.2) is 46.6 Å². The van der Waals surface area contributed by atoms with Crippen molar-refractivity contribution < 1.29 is 20.1 Å². The number of carboxylic acid groups (broad SMARTS) is 1. The number of carboxylic acids is 1. The molecule has 0 bridgehead atoms. The van der Waals surface area contributed by atoms with Crippen LogP contribution in [0.1, 0.15) is 33.6 Å². The van der Waals surface area contributed by atoms with Gasteiger partial charge >= 0.3 is 5.97 Å². The number of nitrogens with one attached hydrogen (secondary N) is 1. The molecule has 0 aromatic carbocycles. The van der Waals surface area contributed by atoms with Crippen molar-refractivity contribution in [3.63, 3.8) is 0 Å². The van der Waals surface area contributed by atoms with Crippen molar-refractivity contribution >= 4 is 5.97 Å². The van der Waals surface area contributed by atoms with Crippen molar-refractivity contribution in [1.29, 1.82) is 0 Å². The first-order valence-corrected chi connectivity index (χ1v) is 6.55. The molecule has 5 heteroatoms. The van der Waals surface area contributed by atoms with E-state index in [0.29, 0.717) is 13.0 Å². The van der Waals surface area contributed by atoms with E-state index in [0.717, 1.165) is 6.42 Å². The maximum absolute atomic E-state index is 11.2. The minimum absolute atomic E-state index is 0.191. The van der Waals surface area contributed by atoms with E-state index in [2.05, 4.69) is 12.2 Å². The molecule has 0 spiro atoms. The van der Waals surface area contributed by atoms with Gasteiger partial charge in [-0.2, -0.15) is 0 Å². The van der Waals surface area contributed by atoms with Crippen molar-refractivity contribution in [3.05, 3.63) is 0 Å². The van der Waals surface area contributed by atoms with Crippen LogP contribution in [0.5, 0.6) is 0 Å². The summed E-state index contributed by atoms with van der Waals surface area (Å²) in [6, 6.07) is 0.191. The molecule has 0 heterocycles. The number of carbonyl (C=O) groups is 1. The fourth-order valence-corrected chi connectivity index (χ4v) is 2.88.